The zero-order valence-electron chi connectivity index (χ0n) is 6.73. The Morgan fingerprint density at radius 2 is 1.73 bits per heavy atom. The van der Waals surface area contributed by atoms with Gasteiger partial charge in [-0.2, -0.15) is 0 Å². The van der Waals surface area contributed by atoms with Gasteiger partial charge >= 0.3 is 0 Å². The second kappa shape index (κ2) is 6.54. The van der Waals surface area contributed by atoms with Crippen molar-refractivity contribution in [3.8, 4) is 0 Å². The predicted octanol–water partition coefficient (Wildman–Crippen LogP) is -0.873. The summed E-state index contributed by atoms with van der Waals surface area (Å²) < 4.78 is 4.68. The minimum Gasteiger partial charge on any atom is -0.394 e. The molecule has 0 aromatic heterocycles. The molecule has 0 radical (unpaired) electrons. The summed E-state index contributed by atoms with van der Waals surface area (Å²) in [7, 11) is 1.51. The first-order valence-corrected chi connectivity index (χ1v) is 3.66. The molecule has 0 amide bonds. The molecule has 0 unspecified atom stereocenters. The van der Waals surface area contributed by atoms with Crippen LogP contribution in [0.15, 0.2) is 0 Å². The number of hydrogen-bond donors (Lipinski definition) is 3. The van der Waals surface area contributed by atoms with Gasteiger partial charge in [-0.1, -0.05) is 0 Å². The summed E-state index contributed by atoms with van der Waals surface area (Å²) in [5, 5.41) is 26.4. The van der Waals surface area contributed by atoms with Crippen molar-refractivity contribution in [1.82, 2.24) is 0 Å². The van der Waals surface area contributed by atoms with Crippen molar-refractivity contribution in [1.29, 1.82) is 0 Å². The van der Waals surface area contributed by atoms with E-state index in [1.807, 2.05) is 0 Å². The molecule has 0 spiro atoms. The molecule has 0 aromatic rings. The molecule has 0 aliphatic rings. The standard InChI is InChI=1S/C7H16O4/c1-11-5-7(10)3-2-6(9)4-8/h6-10H,2-5H2,1H3/t6-,7+/m1/s1. The number of hydrogen-bond acceptors (Lipinski definition) is 4. The largest absolute Gasteiger partial charge is 0.394 e. The third kappa shape index (κ3) is 6.25. The number of ether oxygens (including phenoxy) is 1. The molecule has 3 N–H and O–H groups in total. The van der Waals surface area contributed by atoms with Crippen LogP contribution in [0.25, 0.3) is 0 Å². The van der Waals surface area contributed by atoms with Gasteiger partial charge in [-0.3, -0.25) is 0 Å². The van der Waals surface area contributed by atoms with E-state index in [1.54, 1.807) is 0 Å². The van der Waals surface area contributed by atoms with Crippen LogP contribution in [0.4, 0.5) is 0 Å². The molecule has 4 nitrogen and oxygen atoms in total. The zero-order chi connectivity index (χ0) is 8.69. The SMILES string of the molecule is COC[C@@H](O)CC[C@@H](O)CO. The molecule has 4 heteroatoms. The van der Waals surface area contributed by atoms with Crippen molar-refractivity contribution in [2.75, 3.05) is 20.3 Å². The topological polar surface area (TPSA) is 69.9 Å². The Hall–Kier alpha value is -0.160. The summed E-state index contributed by atoms with van der Waals surface area (Å²) in [6.07, 6.45) is -0.404. The van der Waals surface area contributed by atoms with Gasteiger partial charge in [0, 0.05) is 7.11 Å². The van der Waals surface area contributed by atoms with E-state index in [1.165, 1.54) is 7.11 Å². The molecule has 2 atom stereocenters. The van der Waals surface area contributed by atoms with Crippen molar-refractivity contribution in [2.24, 2.45) is 0 Å². The van der Waals surface area contributed by atoms with Crippen LogP contribution in [0.5, 0.6) is 0 Å². The van der Waals surface area contributed by atoms with E-state index in [9.17, 15) is 0 Å². The number of aliphatic hydroxyl groups is 3. The van der Waals surface area contributed by atoms with Crippen LogP contribution in [0, 0.1) is 0 Å². The number of methoxy groups -OCH3 is 1. The van der Waals surface area contributed by atoms with Crippen LogP contribution in [0.1, 0.15) is 12.8 Å². The summed E-state index contributed by atoms with van der Waals surface area (Å²) in [5.41, 5.74) is 0. The van der Waals surface area contributed by atoms with Crippen molar-refractivity contribution >= 4 is 0 Å². The fraction of sp³-hybridized carbons (Fsp3) is 1.00. The van der Waals surface area contributed by atoms with Gasteiger partial charge in [0.15, 0.2) is 0 Å². The highest BCUT2D eigenvalue weighted by Gasteiger charge is 2.07. The highest BCUT2D eigenvalue weighted by molar-refractivity contribution is 4.59. The van der Waals surface area contributed by atoms with Gasteiger partial charge < -0.3 is 20.1 Å². The fourth-order valence-corrected chi connectivity index (χ4v) is 0.752. The molecule has 0 bridgehead atoms. The van der Waals surface area contributed by atoms with E-state index in [0.717, 1.165) is 0 Å². The van der Waals surface area contributed by atoms with Crippen molar-refractivity contribution in [2.45, 2.75) is 25.0 Å². The third-order valence-electron chi connectivity index (χ3n) is 1.40. The van der Waals surface area contributed by atoms with E-state index >= 15 is 0 Å². The first-order valence-electron chi connectivity index (χ1n) is 3.66. The van der Waals surface area contributed by atoms with Crippen LogP contribution >= 0.6 is 0 Å². The quantitative estimate of drug-likeness (QED) is 0.477. The lowest BCUT2D eigenvalue weighted by Gasteiger charge is -2.11. The average molecular weight is 164 g/mol. The number of rotatable bonds is 6. The van der Waals surface area contributed by atoms with Gasteiger partial charge in [0.1, 0.15) is 0 Å². The summed E-state index contributed by atoms with van der Waals surface area (Å²) in [4.78, 5) is 0. The Morgan fingerprint density at radius 1 is 1.18 bits per heavy atom. The van der Waals surface area contributed by atoms with Gasteiger partial charge in [0.2, 0.25) is 0 Å². The molecule has 0 aliphatic heterocycles. The molecular formula is C7H16O4. The molecule has 0 heterocycles. The second-order valence-corrected chi connectivity index (χ2v) is 2.52. The van der Waals surface area contributed by atoms with Crippen LogP contribution in [-0.2, 0) is 4.74 Å². The van der Waals surface area contributed by atoms with Gasteiger partial charge in [0.05, 0.1) is 25.4 Å². The molecule has 0 saturated heterocycles. The van der Waals surface area contributed by atoms with E-state index < -0.39 is 12.2 Å². The molecule has 0 rings (SSSR count). The highest BCUT2D eigenvalue weighted by Crippen LogP contribution is 2.01. The van der Waals surface area contributed by atoms with Gasteiger partial charge in [-0.15, -0.1) is 0 Å². The maximum Gasteiger partial charge on any atom is 0.0774 e. The first kappa shape index (κ1) is 10.8. The summed E-state index contributed by atoms with van der Waals surface area (Å²) in [6.45, 7) is 0.0256. The molecule has 0 aromatic carbocycles. The van der Waals surface area contributed by atoms with Crippen molar-refractivity contribution < 1.29 is 20.1 Å². The monoisotopic (exact) mass is 164 g/mol. The first-order chi connectivity index (χ1) is 5.20. The normalized spacial score (nSPS) is 16.4. The van der Waals surface area contributed by atoms with Crippen LogP contribution < -0.4 is 0 Å². The Balaban J connectivity index is 3.22. The van der Waals surface area contributed by atoms with Gasteiger partial charge in [0.25, 0.3) is 0 Å². The molecule has 68 valence electrons. The zero-order valence-corrected chi connectivity index (χ0v) is 6.73. The Labute approximate surface area is 66.4 Å². The lowest BCUT2D eigenvalue weighted by molar-refractivity contribution is 0.0347. The molecule has 0 fully saturated rings. The maximum absolute atomic E-state index is 9.08. The fourth-order valence-electron chi connectivity index (χ4n) is 0.752. The van der Waals surface area contributed by atoms with E-state index in [4.69, 9.17) is 15.3 Å². The van der Waals surface area contributed by atoms with Gasteiger partial charge in [-0.25, -0.2) is 0 Å². The van der Waals surface area contributed by atoms with Crippen molar-refractivity contribution in [3.05, 3.63) is 0 Å². The van der Waals surface area contributed by atoms with Crippen molar-refractivity contribution in [3.63, 3.8) is 0 Å². The Kier molecular flexibility index (Phi) is 6.45. The van der Waals surface area contributed by atoms with Gasteiger partial charge in [-0.05, 0) is 12.8 Å². The highest BCUT2D eigenvalue weighted by atomic mass is 16.5. The third-order valence-corrected chi connectivity index (χ3v) is 1.40. The molecule has 11 heavy (non-hydrogen) atoms. The smallest absolute Gasteiger partial charge is 0.0774 e. The second-order valence-electron chi connectivity index (χ2n) is 2.52. The lowest BCUT2D eigenvalue weighted by atomic mass is 10.1. The molecular weight excluding hydrogens is 148 g/mol. The molecule has 0 aliphatic carbocycles. The van der Waals surface area contributed by atoms with Crippen LogP contribution in [0.2, 0.25) is 0 Å². The van der Waals surface area contributed by atoms with Crippen LogP contribution in [0.3, 0.4) is 0 Å². The summed E-state index contributed by atoms with van der Waals surface area (Å²) >= 11 is 0. The number of aliphatic hydroxyl groups excluding tert-OH is 3. The maximum atomic E-state index is 9.08. The lowest BCUT2D eigenvalue weighted by Crippen LogP contribution is -2.19. The average Bonchev–Trinajstić information content (AvgIpc) is 2.01. The minimum absolute atomic E-state index is 0.250. The predicted molar refractivity (Wildman–Crippen MR) is 40.2 cm³/mol. The van der Waals surface area contributed by atoms with Crippen LogP contribution in [-0.4, -0.2) is 47.9 Å². The summed E-state index contributed by atoms with van der Waals surface area (Å²) in [5.74, 6) is 0. The van der Waals surface area contributed by atoms with E-state index in [2.05, 4.69) is 4.74 Å². The minimum atomic E-state index is -0.721. The molecule has 0 saturated carbocycles. The van der Waals surface area contributed by atoms with E-state index in [0.29, 0.717) is 12.8 Å². The summed E-state index contributed by atoms with van der Waals surface area (Å²) in [6, 6.07) is 0. The Bertz CT molecular complexity index is 86.5. The van der Waals surface area contributed by atoms with E-state index in [-0.39, 0.29) is 13.2 Å². The Morgan fingerprint density at radius 3 is 2.18 bits per heavy atom.